The number of rotatable bonds is 7. The van der Waals surface area contributed by atoms with Crippen LogP contribution in [0.15, 0.2) is 36.9 Å². The van der Waals surface area contributed by atoms with Crippen molar-refractivity contribution in [2.75, 3.05) is 32.5 Å². The van der Waals surface area contributed by atoms with Crippen LogP contribution >= 0.6 is 0 Å². The lowest BCUT2D eigenvalue weighted by Gasteiger charge is -2.11. The predicted molar refractivity (Wildman–Crippen MR) is 89.3 cm³/mol. The molecule has 0 unspecified atom stereocenters. The SMILES string of the molecule is C=CCNC(=O)c1ccc(NC(=O)NCCC(=O)N(C)C)cc1. The molecule has 23 heavy (non-hydrogen) atoms. The molecule has 0 aliphatic carbocycles. The van der Waals surface area contributed by atoms with Crippen LogP contribution in [-0.4, -0.2) is 49.9 Å². The summed E-state index contributed by atoms with van der Waals surface area (Å²) in [6, 6.07) is 6.09. The van der Waals surface area contributed by atoms with Gasteiger partial charge in [-0.15, -0.1) is 6.58 Å². The maximum atomic E-state index is 11.7. The van der Waals surface area contributed by atoms with Gasteiger partial charge in [0.15, 0.2) is 0 Å². The first-order valence-electron chi connectivity index (χ1n) is 7.18. The van der Waals surface area contributed by atoms with Gasteiger partial charge in [0.1, 0.15) is 0 Å². The van der Waals surface area contributed by atoms with Crippen molar-refractivity contribution in [2.45, 2.75) is 6.42 Å². The van der Waals surface area contributed by atoms with Gasteiger partial charge in [0.2, 0.25) is 5.91 Å². The summed E-state index contributed by atoms with van der Waals surface area (Å²) in [5.41, 5.74) is 1.05. The maximum Gasteiger partial charge on any atom is 0.319 e. The molecule has 0 bridgehead atoms. The Bertz CT molecular complexity index is 567. The maximum absolute atomic E-state index is 11.7. The largest absolute Gasteiger partial charge is 0.349 e. The standard InChI is InChI=1S/C16H22N4O3/c1-4-10-17-15(22)12-5-7-13(8-6-12)19-16(23)18-11-9-14(21)20(2)3/h4-8H,1,9-11H2,2-3H3,(H,17,22)(H2,18,19,23). The Hall–Kier alpha value is -2.83. The van der Waals surface area contributed by atoms with Gasteiger partial charge in [0.05, 0.1) is 0 Å². The first kappa shape index (κ1) is 18.2. The Balaban J connectivity index is 2.42. The van der Waals surface area contributed by atoms with Gasteiger partial charge in [-0.1, -0.05) is 6.08 Å². The van der Waals surface area contributed by atoms with E-state index >= 15 is 0 Å². The van der Waals surface area contributed by atoms with Gasteiger partial charge in [-0.25, -0.2) is 4.79 Å². The lowest BCUT2D eigenvalue weighted by atomic mass is 10.2. The monoisotopic (exact) mass is 318 g/mol. The molecule has 0 spiro atoms. The van der Waals surface area contributed by atoms with Crippen LogP contribution in [0.3, 0.4) is 0 Å². The van der Waals surface area contributed by atoms with Gasteiger partial charge >= 0.3 is 6.03 Å². The molecule has 3 N–H and O–H groups in total. The fourth-order valence-corrected chi connectivity index (χ4v) is 1.65. The second kappa shape index (κ2) is 9.24. The Morgan fingerprint density at radius 2 is 1.78 bits per heavy atom. The van der Waals surface area contributed by atoms with Gasteiger partial charge in [0.25, 0.3) is 5.91 Å². The van der Waals surface area contributed by atoms with E-state index < -0.39 is 6.03 Å². The number of carbonyl (C=O) groups is 3. The first-order chi connectivity index (χ1) is 10.9. The number of nitrogens with zero attached hydrogens (tertiary/aromatic N) is 1. The number of nitrogens with one attached hydrogen (secondary N) is 3. The van der Waals surface area contributed by atoms with Crippen LogP contribution < -0.4 is 16.0 Å². The summed E-state index contributed by atoms with van der Waals surface area (Å²) in [5, 5.41) is 7.89. The molecule has 0 aliphatic heterocycles. The van der Waals surface area contributed by atoms with E-state index in [1.807, 2.05) is 0 Å². The first-order valence-corrected chi connectivity index (χ1v) is 7.18. The molecule has 7 nitrogen and oxygen atoms in total. The zero-order valence-corrected chi connectivity index (χ0v) is 13.4. The van der Waals surface area contributed by atoms with E-state index in [0.29, 0.717) is 17.8 Å². The van der Waals surface area contributed by atoms with Gasteiger partial charge in [-0.2, -0.15) is 0 Å². The van der Waals surface area contributed by atoms with E-state index in [-0.39, 0.29) is 24.8 Å². The molecule has 1 rings (SSSR count). The van der Waals surface area contributed by atoms with Crippen molar-refractivity contribution in [1.82, 2.24) is 15.5 Å². The van der Waals surface area contributed by atoms with Crippen molar-refractivity contribution in [2.24, 2.45) is 0 Å². The summed E-state index contributed by atoms with van der Waals surface area (Å²) in [7, 11) is 3.32. The Kier molecular flexibility index (Phi) is 7.32. The second-order valence-corrected chi connectivity index (χ2v) is 5.00. The average molecular weight is 318 g/mol. The van der Waals surface area contributed by atoms with Crippen molar-refractivity contribution < 1.29 is 14.4 Å². The van der Waals surface area contributed by atoms with Gasteiger partial charge in [0, 0.05) is 44.9 Å². The highest BCUT2D eigenvalue weighted by atomic mass is 16.2. The van der Waals surface area contributed by atoms with E-state index in [2.05, 4.69) is 22.5 Å². The zero-order chi connectivity index (χ0) is 17.2. The Morgan fingerprint density at radius 1 is 1.13 bits per heavy atom. The molecule has 0 radical (unpaired) electrons. The molecule has 4 amide bonds. The zero-order valence-electron chi connectivity index (χ0n) is 13.4. The number of hydrogen-bond donors (Lipinski definition) is 3. The lowest BCUT2D eigenvalue weighted by Crippen LogP contribution is -2.33. The van der Waals surface area contributed by atoms with E-state index in [0.717, 1.165) is 0 Å². The summed E-state index contributed by atoms with van der Waals surface area (Å²) < 4.78 is 0. The average Bonchev–Trinajstić information content (AvgIpc) is 2.53. The second-order valence-electron chi connectivity index (χ2n) is 5.00. The summed E-state index contributed by atoms with van der Waals surface area (Å²) >= 11 is 0. The third-order valence-corrected chi connectivity index (χ3v) is 2.94. The molecule has 0 saturated heterocycles. The van der Waals surface area contributed by atoms with E-state index in [1.165, 1.54) is 4.90 Å². The van der Waals surface area contributed by atoms with Gasteiger partial charge in [-0.3, -0.25) is 9.59 Å². The van der Waals surface area contributed by atoms with Gasteiger partial charge < -0.3 is 20.9 Å². The number of urea groups is 1. The molecule has 124 valence electrons. The molecule has 0 atom stereocenters. The smallest absolute Gasteiger partial charge is 0.319 e. The highest BCUT2D eigenvalue weighted by Gasteiger charge is 2.07. The molecule has 1 aromatic rings. The van der Waals surface area contributed by atoms with Crippen LogP contribution in [0.5, 0.6) is 0 Å². The topological polar surface area (TPSA) is 90.5 Å². The van der Waals surface area contributed by atoms with Crippen LogP contribution in [0, 0.1) is 0 Å². The van der Waals surface area contributed by atoms with Crippen molar-refractivity contribution in [1.29, 1.82) is 0 Å². The summed E-state index contributed by atoms with van der Waals surface area (Å²) in [4.78, 5) is 36.2. The summed E-state index contributed by atoms with van der Waals surface area (Å²) in [6.45, 7) is 4.18. The number of anilines is 1. The third-order valence-electron chi connectivity index (χ3n) is 2.94. The number of carbonyl (C=O) groups excluding carboxylic acids is 3. The van der Waals surface area contributed by atoms with Crippen molar-refractivity contribution in [3.63, 3.8) is 0 Å². The molecule has 0 fully saturated rings. The molecule has 0 saturated carbocycles. The molecule has 7 heteroatoms. The van der Waals surface area contributed by atoms with Crippen molar-refractivity contribution in [3.05, 3.63) is 42.5 Å². The summed E-state index contributed by atoms with van der Waals surface area (Å²) in [6.07, 6.45) is 1.84. The molecule has 1 aromatic carbocycles. The minimum absolute atomic E-state index is 0.0554. The van der Waals surface area contributed by atoms with E-state index in [1.54, 1.807) is 44.4 Å². The van der Waals surface area contributed by atoms with Crippen molar-refractivity contribution in [3.8, 4) is 0 Å². The molecule has 0 heterocycles. The molecular weight excluding hydrogens is 296 g/mol. The Morgan fingerprint density at radius 3 is 2.35 bits per heavy atom. The van der Waals surface area contributed by atoms with Crippen LogP contribution in [0.1, 0.15) is 16.8 Å². The normalized spacial score (nSPS) is 9.65. The fraction of sp³-hybridized carbons (Fsp3) is 0.312. The van der Waals surface area contributed by atoms with E-state index in [4.69, 9.17) is 0 Å². The lowest BCUT2D eigenvalue weighted by molar-refractivity contribution is -0.128. The number of benzene rings is 1. The van der Waals surface area contributed by atoms with Crippen molar-refractivity contribution >= 4 is 23.5 Å². The predicted octanol–water partition coefficient (Wildman–Crippen LogP) is 1.20. The minimum atomic E-state index is -0.402. The highest BCUT2D eigenvalue weighted by molar-refractivity contribution is 5.95. The number of amides is 4. The Labute approximate surface area is 135 Å². The molecule has 0 aliphatic rings. The van der Waals surface area contributed by atoms with Crippen LogP contribution in [0.2, 0.25) is 0 Å². The highest BCUT2D eigenvalue weighted by Crippen LogP contribution is 2.09. The van der Waals surface area contributed by atoms with E-state index in [9.17, 15) is 14.4 Å². The van der Waals surface area contributed by atoms with Gasteiger partial charge in [-0.05, 0) is 24.3 Å². The summed E-state index contributed by atoms with van der Waals surface area (Å²) in [5.74, 6) is -0.261. The van der Waals surface area contributed by atoms with Crippen LogP contribution in [-0.2, 0) is 4.79 Å². The fourth-order valence-electron chi connectivity index (χ4n) is 1.65. The molecule has 0 aromatic heterocycles. The minimum Gasteiger partial charge on any atom is -0.349 e. The van der Waals surface area contributed by atoms with Crippen LogP contribution in [0.25, 0.3) is 0 Å². The van der Waals surface area contributed by atoms with Crippen LogP contribution in [0.4, 0.5) is 10.5 Å². The quantitative estimate of drug-likeness (QED) is 0.660. The third kappa shape index (κ3) is 6.64. The molecular formula is C16H22N4O3. The number of hydrogen-bond acceptors (Lipinski definition) is 3.